The molecule has 2 saturated heterocycles. The Hall–Kier alpha value is -2.02. The van der Waals surface area contributed by atoms with Gasteiger partial charge in [0.2, 0.25) is 5.91 Å². The van der Waals surface area contributed by atoms with Gasteiger partial charge in [0, 0.05) is 56.5 Å². The van der Waals surface area contributed by atoms with E-state index >= 15 is 0 Å². The minimum atomic E-state index is -1.01. The number of hydrogen-bond acceptors (Lipinski definition) is 3. The van der Waals surface area contributed by atoms with Crippen molar-refractivity contribution in [1.82, 2.24) is 9.80 Å². The highest BCUT2D eigenvalue weighted by atomic mass is 35.5. The second-order valence-corrected chi connectivity index (χ2v) is 10.8. The van der Waals surface area contributed by atoms with E-state index in [0.29, 0.717) is 37.7 Å². The molecule has 0 bridgehead atoms. The van der Waals surface area contributed by atoms with Crippen molar-refractivity contribution in [3.05, 3.63) is 71.3 Å². The van der Waals surface area contributed by atoms with Gasteiger partial charge in [-0.05, 0) is 36.0 Å². The van der Waals surface area contributed by atoms with Crippen LogP contribution in [0.3, 0.4) is 0 Å². The van der Waals surface area contributed by atoms with Crippen LogP contribution in [0.15, 0.2) is 48.5 Å². The summed E-state index contributed by atoms with van der Waals surface area (Å²) in [6.07, 6.45) is 2.42. The van der Waals surface area contributed by atoms with Crippen molar-refractivity contribution in [3.8, 4) is 0 Å². The number of carbonyl (C=O) groups excluding carboxylic acids is 1. The number of halogens is 3. The summed E-state index contributed by atoms with van der Waals surface area (Å²) in [6, 6.07) is 13.4. The van der Waals surface area contributed by atoms with Crippen molar-refractivity contribution < 1.29 is 18.7 Å². The van der Waals surface area contributed by atoms with Crippen molar-refractivity contribution in [2.75, 3.05) is 32.7 Å². The number of likely N-dealkylation sites (tertiary alicyclic amines) is 2. The van der Waals surface area contributed by atoms with Crippen molar-refractivity contribution in [2.45, 2.75) is 38.2 Å². The SMILES string of the molecule is CC1CN(C(=O)[C@@H]2CN(CC3CC3)C[C@H]2c2ccc(F)cc2F)CC(C)C1(O)c1ccccc1.Cl. The molecule has 0 spiro atoms. The zero-order valence-corrected chi connectivity index (χ0v) is 21.2. The standard InChI is InChI=1S/C28H34F2N2O2.ClH/c1-18-13-32(14-19(2)28(18,34)21-6-4-3-5-7-21)27(33)25-17-31(15-20-8-9-20)16-24(25)23-11-10-22(29)12-26(23)30;/h3-7,10-12,18-20,24-25,34H,8-9,13-17H2,1-2H3;1H/t18?,19?,24-,25+,28?;/m0./s1. The lowest BCUT2D eigenvalue weighted by atomic mass is 9.70. The fourth-order valence-corrected chi connectivity index (χ4v) is 6.26. The predicted molar refractivity (Wildman–Crippen MR) is 134 cm³/mol. The van der Waals surface area contributed by atoms with Gasteiger partial charge in [0.1, 0.15) is 11.6 Å². The summed E-state index contributed by atoms with van der Waals surface area (Å²) in [5.74, 6) is -1.45. The third kappa shape index (κ3) is 4.98. The molecule has 4 nitrogen and oxygen atoms in total. The summed E-state index contributed by atoms with van der Waals surface area (Å²) >= 11 is 0. The molecule has 5 rings (SSSR count). The van der Waals surface area contributed by atoms with E-state index in [0.717, 1.165) is 18.2 Å². The summed E-state index contributed by atoms with van der Waals surface area (Å²) in [7, 11) is 0. The molecular formula is C28H35ClF2N2O2. The molecule has 1 saturated carbocycles. The highest BCUT2D eigenvalue weighted by Gasteiger charge is 2.49. The van der Waals surface area contributed by atoms with Crippen molar-refractivity contribution in [1.29, 1.82) is 0 Å². The van der Waals surface area contributed by atoms with Crippen LogP contribution in [0.2, 0.25) is 0 Å². The second kappa shape index (κ2) is 10.2. The third-order valence-corrected chi connectivity index (χ3v) is 8.33. The topological polar surface area (TPSA) is 43.8 Å². The van der Waals surface area contributed by atoms with E-state index in [-0.39, 0.29) is 42.0 Å². The highest BCUT2D eigenvalue weighted by Crippen LogP contribution is 2.43. The molecule has 2 aromatic rings. The normalized spacial score (nSPS) is 31.3. The van der Waals surface area contributed by atoms with Gasteiger partial charge in [-0.25, -0.2) is 8.78 Å². The number of piperidine rings is 1. The molecule has 7 heteroatoms. The largest absolute Gasteiger partial charge is 0.384 e. The third-order valence-electron chi connectivity index (χ3n) is 8.33. The van der Waals surface area contributed by atoms with Crippen LogP contribution in [0.25, 0.3) is 0 Å². The first-order valence-corrected chi connectivity index (χ1v) is 12.5. The summed E-state index contributed by atoms with van der Waals surface area (Å²) < 4.78 is 28.4. The Labute approximate surface area is 212 Å². The van der Waals surface area contributed by atoms with E-state index in [1.807, 2.05) is 49.1 Å². The molecule has 1 aliphatic carbocycles. The Morgan fingerprint density at radius 2 is 1.66 bits per heavy atom. The number of benzene rings is 2. The van der Waals surface area contributed by atoms with Crippen molar-refractivity contribution in [2.24, 2.45) is 23.7 Å². The number of nitrogens with zero attached hydrogens (tertiary/aromatic N) is 2. The molecule has 35 heavy (non-hydrogen) atoms. The summed E-state index contributed by atoms with van der Waals surface area (Å²) in [5.41, 5.74) is 0.301. The summed E-state index contributed by atoms with van der Waals surface area (Å²) in [4.78, 5) is 18.0. The summed E-state index contributed by atoms with van der Waals surface area (Å²) in [5, 5.41) is 11.7. The fourth-order valence-electron chi connectivity index (χ4n) is 6.26. The lowest BCUT2D eigenvalue weighted by Crippen LogP contribution is -2.57. The molecule has 2 aromatic carbocycles. The van der Waals surface area contributed by atoms with Gasteiger partial charge in [0.15, 0.2) is 0 Å². The Morgan fingerprint density at radius 3 is 2.26 bits per heavy atom. The smallest absolute Gasteiger partial charge is 0.227 e. The zero-order chi connectivity index (χ0) is 24.0. The maximum atomic E-state index is 14.8. The van der Waals surface area contributed by atoms with E-state index in [2.05, 4.69) is 4.90 Å². The molecule has 0 radical (unpaired) electrons. The maximum absolute atomic E-state index is 14.8. The van der Waals surface area contributed by atoms with Crippen molar-refractivity contribution in [3.63, 3.8) is 0 Å². The molecule has 3 aliphatic rings. The second-order valence-electron chi connectivity index (χ2n) is 10.8. The molecule has 2 unspecified atom stereocenters. The van der Waals surface area contributed by atoms with Crippen LogP contribution in [0.4, 0.5) is 8.78 Å². The first-order valence-electron chi connectivity index (χ1n) is 12.5. The van der Waals surface area contributed by atoms with Gasteiger partial charge in [-0.15, -0.1) is 12.4 Å². The molecule has 2 heterocycles. The number of amides is 1. The Morgan fingerprint density at radius 1 is 1.00 bits per heavy atom. The average Bonchev–Trinajstić information content (AvgIpc) is 3.54. The van der Waals surface area contributed by atoms with Gasteiger partial charge in [-0.1, -0.05) is 50.2 Å². The molecule has 2 aliphatic heterocycles. The highest BCUT2D eigenvalue weighted by molar-refractivity contribution is 5.85. The van der Waals surface area contributed by atoms with Gasteiger partial charge in [0.25, 0.3) is 0 Å². The van der Waals surface area contributed by atoms with Gasteiger partial charge < -0.3 is 14.9 Å². The Balaban J connectivity index is 0.00000289. The van der Waals surface area contributed by atoms with Gasteiger partial charge in [-0.2, -0.15) is 0 Å². The van der Waals surface area contributed by atoms with E-state index in [4.69, 9.17) is 0 Å². The van der Waals surface area contributed by atoms with E-state index < -0.39 is 17.2 Å². The number of hydrogen-bond donors (Lipinski definition) is 1. The van der Waals surface area contributed by atoms with Gasteiger partial charge in [0.05, 0.1) is 11.5 Å². The minimum absolute atomic E-state index is 0. The molecule has 190 valence electrons. The molecule has 1 amide bonds. The molecule has 1 N–H and O–H groups in total. The lowest BCUT2D eigenvalue weighted by Gasteiger charge is -2.48. The first-order chi connectivity index (χ1) is 16.3. The maximum Gasteiger partial charge on any atom is 0.227 e. The Bertz CT molecular complexity index is 1040. The van der Waals surface area contributed by atoms with Crippen LogP contribution in [-0.4, -0.2) is 53.5 Å². The monoisotopic (exact) mass is 504 g/mol. The van der Waals surface area contributed by atoms with Gasteiger partial charge >= 0.3 is 0 Å². The number of aliphatic hydroxyl groups is 1. The van der Waals surface area contributed by atoms with E-state index in [1.165, 1.54) is 25.0 Å². The van der Waals surface area contributed by atoms with E-state index in [1.54, 1.807) is 0 Å². The molecule has 0 aromatic heterocycles. The quantitative estimate of drug-likeness (QED) is 0.635. The molecule has 4 atom stereocenters. The van der Waals surface area contributed by atoms with Crippen LogP contribution >= 0.6 is 12.4 Å². The van der Waals surface area contributed by atoms with Gasteiger partial charge in [-0.3, -0.25) is 4.79 Å². The lowest BCUT2D eigenvalue weighted by molar-refractivity contribution is -0.152. The van der Waals surface area contributed by atoms with Crippen LogP contribution in [0.1, 0.15) is 43.7 Å². The number of rotatable bonds is 5. The zero-order valence-electron chi connectivity index (χ0n) is 20.4. The predicted octanol–water partition coefficient (Wildman–Crippen LogP) is 4.81. The molecule has 3 fully saturated rings. The van der Waals surface area contributed by atoms with Crippen LogP contribution < -0.4 is 0 Å². The first kappa shape index (κ1) is 26.1. The average molecular weight is 505 g/mol. The number of carbonyl (C=O) groups is 1. The van der Waals surface area contributed by atoms with Crippen LogP contribution in [0.5, 0.6) is 0 Å². The minimum Gasteiger partial charge on any atom is -0.384 e. The summed E-state index contributed by atoms with van der Waals surface area (Å²) in [6.45, 7) is 7.03. The van der Waals surface area contributed by atoms with E-state index in [9.17, 15) is 18.7 Å². The molecular weight excluding hydrogens is 470 g/mol. The van der Waals surface area contributed by atoms with Crippen LogP contribution in [-0.2, 0) is 10.4 Å². The van der Waals surface area contributed by atoms with Crippen LogP contribution in [0, 0.1) is 35.3 Å². The Kier molecular flexibility index (Phi) is 7.56. The fraction of sp³-hybridized carbons (Fsp3) is 0.536. The van der Waals surface area contributed by atoms with Crippen molar-refractivity contribution >= 4 is 18.3 Å².